The van der Waals surface area contributed by atoms with Crippen LogP contribution in [0.1, 0.15) is 16.8 Å². The first-order valence-corrected chi connectivity index (χ1v) is 8.34. The Balaban J connectivity index is 1.77. The molecule has 3 N–H and O–H groups in total. The molecule has 0 aliphatic carbocycles. The van der Waals surface area contributed by atoms with Gasteiger partial charge in [0.15, 0.2) is 0 Å². The smallest absolute Gasteiger partial charge is 0.354 e. The molecule has 2 heterocycles. The quantitative estimate of drug-likeness (QED) is 0.689. The second-order valence-corrected chi connectivity index (χ2v) is 5.89. The zero-order chi connectivity index (χ0) is 19.3. The van der Waals surface area contributed by atoms with E-state index >= 15 is 0 Å². The minimum atomic E-state index is -4.37. The van der Waals surface area contributed by atoms with E-state index in [0.29, 0.717) is 29.4 Å². The van der Waals surface area contributed by atoms with Crippen molar-refractivity contribution in [2.75, 3.05) is 11.9 Å². The van der Waals surface area contributed by atoms with Gasteiger partial charge in [-0.25, -0.2) is 9.97 Å². The first kappa shape index (κ1) is 18.8. The topological polar surface area (TPSA) is 76.7 Å². The third kappa shape index (κ3) is 5.01. The van der Waals surface area contributed by atoms with Crippen molar-refractivity contribution < 1.29 is 13.2 Å². The van der Waals surface area contributed by atoms with Crippen LogP contribution >= 0.6 is 0 Å². The van der Waals surface area contributed by atoms with Gasteiger partial charge in [-0.05, 0) is 36.2 Å². The van der Waals surface area contributed by atoms with Crippen LogP contribution in [0.15, 0.2) is 54.9 Å². The summed E-state index contributed by atoms with van der Waals surface area (Å²) in [6.07, 6.45) is -0.140. The summed E-state index contributed by atoms with van der Waals surface area (Å²) in [5, 5.41) is 3.13. The number of nitrogens with two attached hydrogens (primary N) is 1. The van der Waals surface area contributed by atoms with Crippen molar-refractivity contribution in [1.29, 1.82) is 0 Å². The van der Waals surface area contributed by atoms with Gasteiger partial charge in [0.1, 0.15) is 0 Å². The molecule has 3 rings (SSSR count). The van der Waals surface area contributed by atoms with Gasteiger partial charge in [0.05, 0.1) is 17.0 Å². The molecule has 0 aliphatic rings. The standard InChI is InChI=1S/C19H18F3N5/c20-19(21,22)15-5-3-14(4-6-15)17-10-16(11-23)26-18(27-17)25-9-7-13-2-1-8-24-12-13/h1-6,8,10,12H,7,9,11,23H2,(H,25,26,27). The van der Waals surface area contributed by atoms with Crippen LogP contribution in [0.5, 0.6) is 0 Å². The SMILES string of the molecule is NCc1cc(-c2ccc(C(F)(F)F)cc2)nc(NCCc2cccnc2)n1. The van der Waals surface area contributed by atoms with Crippen LogP contribution in [0.2, 0.25) is 0 Å². The van der Waals surface area contributed by atoms with Crippen LogP contribution in [0.25, 0.3) is 11.3 Å². The summed E-state index contributed by atoms with van der Waals surface area (Å²) >= 11 is 0. The van der Waals surface area contributed by atoms with Crippen molar-refractivity contribution in [3.63, 3.8) is 0 Å². The van der Waals surface area contributed by atoms with E-state index < -0.39 is 11.7 Å². The van der Waals surface area contributed by atoms with Crippen LogP contribution in [0.3, 0.4) is 0 Å². The lowest BCUT2D eigenvalue weighted by Gasteiger charge is -2.11. The first-order valence-electron chi connectivity index (χ1n) is 8.34. The van der Waals surface area contributed by atoms with Crippen LogP contribution in [-0.2, 0) is 19.1 Å². The van der Waals surface area contributed by atoms with E-state index in [0.717, 1.165) is 24.1 Å². The van der Waals surface area contributed by atoms with Crippen molar-refractivity contribution in [1.82, 2.24) is 15.0 Å². The van der Waals surface area contributed by atoms with E-state index in [1.807, 2.05) is 12.1 Å². The molecule has 0 saturated heterocycles. The van der Waals surface area contributed by atoms with E-state index in [1.165, 1.54) is 12.1 Å². The van der Waals surface area contributed by atoms with E-state index in [1.54, 1.807) is 18.5 Å². The maximum absolute atomic E-state index is 12.7. The lowest BCUT2D eigenvalue weighted by atomic mass is 10.1. The molecule has 0 bridgehead atoms. The molecular weight excluding hydrogens is 355 g/mol. The number of halogens is 3. The number of nitrogens with zero attached hydrogens (tertiary/aromatic N) is 3. The van der Waals surface area contributed by atoms with Gasteiger partial charge in [-0.2, -0.15) is 13.2 Å². The van der Waals surface area contributed by atoms with Gasteiger partial charge < -0.3 is 11.1 Å². The number of anilines is 1. The Bertz CT molecular complexity index is 880. The summed E-state index contributed by atoms with van der Waals surface area (Å²) in [7, 11) is 0. The second-order valence-electron chi connectivity index (χ2n) is 5.89. The van der Waals surface area contributed by atoms with E-state index in [9.17, 15) is 13.2 Å². The Labute approximate surface area is 154 Å². The minimum absolute atomic E-state index is 0.202. The molecule has 0 radical (unpaired) electrons. The fourth-order valence-electron chi connectivity index (χ4n) is 2.52. The number of alkyl halides is 3. The van der Waals surface area contributed by atoms with Gasteiger partial charge in [-0.3, -0.25) is 4.98 Å². The van der Waals surface area contributed by atoms with Gasteiger partial charge in [0, 0.05) is 31.0 Å². The Morgan fingerprint density at radius 2 is 1.81 bits per heavy atom. The van der Waals surface area contributed by atoms with Crippen molar-refractivity contribution in [3.8, 4) is 11.3 Å². The largest absolute Gasteiger partial charge is 0.416 e. The van der Waals surface area contributed by atoms with Crippen molar-refractivity contribution >= 4 is 5.95 Å². The summed E-state index contributed by atoms with van der Waals surface area (Å²) in [5.41, 5.74) is 7.75. The van der Waals surface area contributed by atoms with E-state index in [-0.39, 0.29) is 6.54 Å². The number of hydrogen-bond donors (Lipinski definition) is 2. The lowest BCUT2D eigenvalue weighted by molar-refractivity contribution is -0.137. The van der Waals surface area contributed by atoms with Crippen LogP contribution < -0.4 is 11.1 Å². The van der Waals surface area contributed by atoms with Gasteiger partial charge in [0.2, 0.25) is 5.95 Å². The fourth-order valence-corrected chi connectivity index (χ4v) is 2.52. The van der Waals surface area contributed by atoms with Crippen molar-refractivity contribution in [2.24, 2.45) is 5.73 Å². The monoisotopic (exact) mass is 373 g/mol. The summed E-state index contributed by atoms with van der Waals surface area (Å²) in [5.74, 6) is 0.386. The summed E-state index contributed by atoms with van der Waals surface area (Å²) in [6.45, 7) is 0.791. The Hall–Kier alpha value is -3.00. The average Bonchev–Trinajstić information content (AvgIpc) is 2.68. The first-order chi connectivity index (χ1) is 13.0. The lowest BCUT2D eigenvalue weighted by Crippen LogP contribution is -2.11. The van der Waals surface area contributed by atoms with E-state index in [2.05, 4.69) is 20.3 Å². The summed E-state index contributed by atoms with van der Waals surface area (Å²) in [6, 6.07) is 10.4. The zero-order valence-electron chi connectivity index (χ0n) is 14.4. The molecule has 140 valence electrons. The number of benzene rings is 1. The predicted molar refractivity (Wildman–Crippen MR) is 96.8 cm³/mol. The molecule has 27 heavy (non-hydrogen) atoms. The highest BCUT2D eigenvalue weighted by atomic mass is 19.4. The fraction of sp³-hybridized carbons (Fsp3) is 0.211. The van der Waals surface area contributed by atoms with Crippen LogP contribution in [0, 0.1) is 0 Å². The average molecular weight is 373 g/mol. The Morgan fingerprint density at radius 3 is 2.44 bits per heavy atom. The van der Waals surface area contributed by atoms with Crippen molar-refractivity contribution in [3.05, 3.63) is 71.7 Å². The van der Waals surface area contributed by atoms with Crippen LogP contribution in [-0.4, -0.2) is 21.5 Å². The maximum Gasteiger partial charge on any atom is 0.416 e. The highest BCUT2D eigenvalue weighted by molar-refractivity contribution is 5.61. The molecule has 2 aromatic heterocycles. The Kier molecular flexibility index (Phi) is 5.66. The molecule has 1 aromatic carbocycles. The number of nitrogens with one attached hydrogen (secondary N) is 1. The van der Waals surface area contributed by atoms with Crippen LogP contribution in [0.4, 0.5) is 19.1 Å². The molecule has 0 aliphatic heterocycles. The molecule has 0 amide bonds. The Morgan fingerprint density at radius 1 is 1.04 bits per heavy atom. The summed E-state index contributed by atoms with van der Waals surface area (Å²) in [4.78, 5) is 12.8. The highest BCUT2D eigenvalue weighted by Crippen LogP contribution is 2.30. The normalized spacial score (nSPS) is 11.4. The molecule has 0 atom stereocenters. The molecule has 0 fully saturated rings. The van der Waals surface area contributed by atoms with Gasteiger partial charge in [-0.1, -0.05) is 18.2 Å². The predicted octanol–water partition coefficient (Wildman–Crippen LogP) is 3.67. The number of aromatic nitrogens is 3. The molecule has 0 spiro atoms. The number of hydrogen-bond acceptors (Lipinski definition) is 5. The minimum Gasteiger partial charge on any atom is -0.354 e. The van der Waals surface area contributed by atoms with Crippen molar-refractivity contribution in [2.45, 2.75) is 19.1 Å². The van der Waals surface area contributed by atoms with Gasteiger partial charge >= 0.3 is 6.18 Å². The zero-order valence-corrected chi connectivity index (χ0v) is 14.4. The third-order valence-electron chi connectivity index (χ3n) is 3.92. The molecule has 5 nitrogen and oxygen atoms in total. The second kappa shape index (κ2) is 8.13. The number of pyridine rings is 1. The molecule has 0 saturated carbocycles. The third-order valence-corrected chi connectivity index (χ3v) is 3.92. The molecule has 0 unspecified atom stereocenters. The van der Waals surface area contributed by atoms with E-state index in [4.69, 9.17) is 5.73 Å². The van der Waals surface area contributed by atoms with Gasteiger partial charge in [-0.15, -0.1) is 0 Å². The van der Waals surface area contributed by atoms with Gasteiger partial charge in [0.25, 0.3) is 0 Å². The highest BCUT2D eigenvalue weighted by Gasteiger charge is 2.30. The maximum atomic E-state index is 12.7. The number of rotatable bonds is 6. The molecule has 8 heteroatoms. The summed E-state index contributed by atoms with van der Waals surface area (Å²) < 4.78 is 38.2. The molecule has 3 aromatic rings. The molecular formula is C19H18F3N5.